The minimum absolute atomic E-state index is 0.0206. The van der Waals surface area contributed by atoms with E-state index in [1.165, 1.54) is 19.3 Å². The molecule has 2 rings (SSSR count). The summed E-state index contributed by atoms with van der Waals surface area (Å²) in [5.41, 5.74) is 0. The number of nitrogens with zero attached hydrogens (tertiary/aromatic N) is 1. The predicted octanol–water partition coefficient (Wildman–Crippen LogP) is 3.27. The van der Waals surface area contributed by atoms with Crippen LogP contribution in [-0.2, 0) is 0 Å². The zero-order chi connectivity index (χ0) is 15.1. The Kier molecular flexibility index (Phi) is 17.8. The average Bonchev–Trinajstić information content (AvgIpc) is 2.44. The van der Waals surface area contributed by atoms with E-state index in [4.69, 9.17) is 5.11 Å². The van der Waals surface area contributed by atoms with Gasteiger partial charge in [0.05, 0.1) is 6.10 Å². The highest BCUT2D eigenvalue weighted by atomic mass is 16.3. The molecular formula is C16H38N2O. The number of rotatable bonds is 2. The molecule has 0 radical (unpaired) electrons. The lowest BCUT2D eigenvalue weighted by molar-refractivity contribution is 0.0852. The van der Waals surface area contributed by atoms with Crippen LogP contribution in [0.25, 0.3) is 0 Å². The molecule has 0 bridgehead atoms. The van der Waals surface area contributed by atoms with Gasteiger partial charge in [-0.05, 0) is 39.3 Å². The number of hydrogen-bond donors (Lipinski definition) is 2. The summed E-state index contributed by atoms with van der Waals surface area (Å²) < 4.78 is 0. The molecule has 0 spiro atoms. The normalized spacial score (nSPS) is 19.7. The number of aliphatic hydroxyl groups excluding tert-OH is 1. The first-order chi connectivity index (χ1) is 9.26. The van der Waals surface area contributed by atoms with Crippen LogP contribution < -0.4 is 5.32 Å². The molecule has 1 heterocycles. The van der Waals surface area contributed by atoms with Crippen molar-refractivity contribution in [2.45, 2.75) is 78.9 Å². The lowest BCUT2D eigenvalue weighted by Crippen LogP contribution is -2.35. The minimum atomic E-state index is -0.0206. The lowest BCUT2D eigenvalue weighted by Gasteiger charge is -2.27. The van der Waals surface area contributed by atoms with E-state index in [1.807, 2.05) is 34.7 Å². The van der Waals surface area contributed by atoms with Crippen LogP contribution in [0.3, 0.4) is 0 Å². The van der Waals surface area contributed by atoms with Gasteiger partial charge in [-0.1, -0.05) is 41.0 Å². The zero-order valence-electron chi connectivity index (χ0n) is 14.2. The third-order valence-electron chi connectivity index (χ3n) is 3.52. The van der Waals surface area contributed by atoms with E-state index >= 15 is 0 Å². The molecule has 1 saturated heterocycles. The second kappa shape index (κ2) is 15.9. The van der Waals surface area contributed by atoms with E-state index in [-0.39, 0.29) is 6.10 Å². The first kappa shape index (κ1) is 21.2. The number of hydrogen-bond acceptors (Lipinski definition) is 3. The molecular weight excluding hydrogens is 236 g/mol. The molecule has 1 aliphatic carbocycles. The summed E-state index contributed by atoms with van der Waals surface area (Å²) in [5.74, 6) is 0. The van der Waals surface area contributed by atoms with Gasteiger partial charge in [-0.15, -0.1) is 0 Å². The molecule has 1 aliphatic heterocycles. The van der Waals surface area contributed by atoms with Crippen molar-refractivity contribution in [3.63, 3.8) is 0 Å². The van der Waals surface area contributed by atoms with Crippen LogP contribution in [0.5, 0.6) is 0 Å². The summed E-state index contributed by atoms with van der Waals surface area (Å²) in [6.45, 7) is 13.5. The molecule has 0 atom stereocenters. The van der Waals surface area contributed by atoms with Crippen molar-refractivity contribution < 1.29 is 5.11 Å². The largest absolute Gasteiger partial charge is 0.393 e. The van der Waals surface area contributed by atoms with E-state index in [9.17, 15) is 0 Å². The maximum atomic E-state index is 9.10. The third-order valence-corrected chi connectivity index (χ3v) is 3.52. The van der Waals surface area contributed by atoms with Crippen molar-refractivity contribution in [1.82, 2.24) is 10.2 Å². The molecule has 118 valence electrons. The highest BCUT2D eigenvalue weighted by Gasteiger charge is 2.14. The smallest absolute Gasteiger partial charge is 0.0564 e. The standard InChI is InChI=1S/C7H15NO.C5H11N.2C2H6/c1-2-8-5-3-7(9)4-6-8;1-6-5-3-2-4-5;2*1-2/h7,9H,2-6H2,1H3;5-6H,2-4H2,1H3;2*1-2H3. The topological polar surface area (TPSA) is 35.5 Å². The number of piperidine rings is 1. The Morgan fingerprint density at radius 1 is 1.00 bits per heavy atom. The molecule has 2 aliphatic rings. The maximum absolute atomic E-state index is 9.10. The van der Waals surface area contributed by atoms with Crippen molar-refractivity contribution in [2.24, 2.45) is 0 Å². The second-order valence-corrected chi connectivity index (χ2v) is 4.58. The molecule has 1 saturated carbocycles. The highest BCUT2D eigenvalue weighted by Crippen LogP contribution is 2.16. The Bertz CT molecular complexity index is 150. The van der Waals surface area contributed by atoms with Crippen LogP contribution in [0, 0.1) is 0 Å². The number of aliphatic hydroxyl groups is 1. The van der Waals surface area contributed by atoms with Gasteiger partial charge < -0.3 is 15.3 Å². The molecule has 3 nitrogen and oxygen atoms in total. The molecule has 0 unspecified atom stereocenters. The monoisotopic (exact) mass is 274 g/mol. The Labute approximate surface area is 121 Å². The van der Waals surface area contributed by atoms with Crippen LogP contribution in [0.15, 0.2) is 0 Å². The fourth-order valence-electron chi connectivity index (χ4n) is 1.93. The van der Waals surface area contributed by atoms with Crippen LogP contribution in [0.2, 0.25) is 0 Å². The summed E-state index contributed by atoms with van der Waals surface area (Å²) in [7, 11) is 2.03. The molecule has 19 heavy (non-hydrogen) atoms. The van der Waals surface area contributed by atoms with E-state index in [2.05, 4.69) is 17.1 Å². The van der Waals surface area contributed by atoms with E-state index < -0.39 is 0 Å². The number of likely N-dealkylation sites (tertiary alicyclic amines) is 1. The van der Waals surface area contributed by atoms with E-state index in [0.717, 1.165) is 38.5 Å². The molecule has 0 aromatic carbocycles. The van der Waals surface area contributed by atoms with Crippen molar-refractivity contribution in [1.29, 1.82) is 0 Å². The Morgan fingerprint density at radius 3 is 1.68 bits per heavy atom. The van der Waals surface area contributed by atoms with Gasteiger partial charge in [0.2, 0.25) is 0 Å². The Morgan fingerprint density at radius 2 is 1.47 bits per heavy atom. The van der Waals surface area contributed by atoms with Gasteiger partial charge in [-0.2, -0.15) is 0 Å². The van der Waals surface area contributed by atoms with Crippen LogP contribution in [0.4, 0.5) is 0 Å². The van der Waals surface area contributed by atoms with E-state index in [0.29, 0.717) is 0 Å². The minimum Gasteiger partial charge on any atom is -0.393 e. The molecule has 3 heteroatoms. The molecule has 2 fully saturated rings. The Balaban J connectivity index is 0. The quantitative estimate of drug-likeness (QED) is 0.811. The van der Waals surface area contributed by atoms with Gasteiger partial charge in [-0.3, -0.25) is 0 Å². The van der Waals surface area contributed by atoms with Crippen molar-refractivity contribution in [2.75, 3.05) is 26.7 Å². The summed E-state index contributed by atoms with van der Waals surface area (Å²) in [6, 6.07) is 0.866. The summed E-state index contributed by atoms with van der Waals surface area (Å²) in [4.78, 5) is 2.37. The average molecular weight is 274 g/mol. The zero-order valence-corrected chi connectivity index (χ0v) is 14.2. The third kappa shape index (κ3) is 11.4. The van der Waals surface area contributed by atoms with Gasteiger partial charge in [0.15, 0.2) is 0 Å². The fraction of sp³-hybridized carbons (Fsp3) is 1.00. The maximum Gasteiger partial charge on any atom is 0.0564 e. The fourth-order valence-corrected chi connectivity index (χ4v) is 1.93. The van der Waals surface area contributed by atoms with Gasteiger partial charge >= 0.3 is 0 Å². The molecule has 0 amide bonds. The summed E-state index contributed by atoms with van der Waals surface area (Å²) in [5, 5.41) is 12.3. The second-order valence-electron chi connectivity index (χ2n) is 4.58. The predicted molar refractivity (Wildman–Crippen MR) is 86.7 cm³/mol. The highest BCUT2D eigenvalue weighted by molar-refractivity contribution is 4.73. The summed E-state index contributed by atoms with van der Waals surface area (Å²) >= 11 is 0. The van der Waals surface area contributed by atoms with Gasteiger partial charge in [-0.25, -0.2) is 0 Å². The first-order valence-corrected chi connectivity index (χ1v) is 8.34. The van der Waals surface area contributed by atoms with Gasteiger partial charge in [0.1, 0.15) is 0 Å². The molecule has 2 N–H and O–H groups in total. The Hall–Kier alpha value is -0.120. The SMILES string of the molecule is CC.CC.CCN1CCC(O)CC1.CNC1CCC1. The molecule has 0 aromatic rings. The van der Waals surface area contributed by atoms with Crippen LogP contribution >= 0.6 is 0 Å². The van der Waals surface area contributed by atoms with Gasteiger partial charge in [0.25, 0.3) is 0 Å². The summed E-state index contributed by atoms with van der Waals surface area (Å²) in [6.07, 6.45) is 6.15. The first-order valence-electron chi connectivity index (χ1n) is 8.34. The van der Waals surface area contributed by atoms with Gasteiger partial charge in [0, 0.05) is 19.1 Å². The van der Waals surface area contributed by atoms with Crippen molar-refractivity contribution >= 4 is 0 Å². The van der Waals surface area contributed by atoms with E-state index in [1.54, 1.807) is 0 Å². The van der Waals surface area contributed by atoms with Crippen LogP contribution in [0.1, 0.15) is 66.7 Å². The van der Waals surface area contributed by atoms with Crippen molar-refractivity contribution in [3.05, 3.63) is 0 Å². The van der Waals surface area contributed by atoms with Crippen molar-refractivity contribution in [3.8, 4) is 0 Å². The number of nitrogens with one attached hydrogen (secondary N) is 1. The lowest BCUT2D eigenvalue weighted by atomic mass is 9.94. The molecule has 0 aromatic heterocycles. The van der Waals surface area contributed by atoms with Crippen LogP contribution in [-0.4, -0.2) is 48.8 Å².